The SMILES string of the molecule is Cc1nn(C)c2ncc(NC(=O)Cn3nnc4ccccc43)cc12. The zero-order chi connectivity index (χ0) is 16.7. The molecule has 1 N–H and O–H groups in total. The van der Waals surface area contributed by atoms with Crippen LogP contribution in [0.25, 0.3) is 22.1 Å². The van der Waals surface area contributed by atoms with E-state index < -0.39 is 0 Å². The van der Waals surface area contributed by atoms with E-state index in [9.17, 15) is 4.79 Å². The van der Waals surface area contributed by atoms with E-state index in [4.69, 9.17) is 0 Å². The maximum absolute atomic E-state index is 12.3. The number of aromatic nitrogens is 6. The summed E-state index contributed by atoms with van der Waals surface area (Å²) in [6.07, 6.45) is 1.63. The number of fused-ring (bicyclic) bond motifs is 2. The Bertz CT molecular complexity index is 1060. The molecule has 1 aromatic carbocycles. The third kappa shape index (κ3) is 2.37. The molecule has 0 aliphatic rings. The van der Waals surface area contributed by atoms with E-state index >= 15 is 0 Å². The summed E-state index contributed by atoms with van der Waals surface area (Å²) in [5.74, 6) is -0.187. The van der Waals surface area contributed by atoms with Crippen molar-refractivity contribution in [1.29, 1.82) is 0 Å². The molecule has 0 spiro atoms. The van der Waals surface area contributed by atoms with Gasteiger partial charge in [-0.05, 0) is 25.1 Å². The number of rotatable bonds is 3. The fraction of sp³-hybridized carbons (Fsp3) is 0.188. The molecular formula is C16H15N7O. The molecule has 24 heavy (non-hydrogen) atoms. The van der Waals surface area contributed by atoms with Crippen molar-refractivity contribution in [2.24, 2.45) is 7.05 Å². The number of anilines is 1. The molecule has 0 fully saturated rings. The summed E-state index contributed by atoms with van der Waals surface area (Å²) in [5, 5.41) is 16.2. The van der Waals surface area contributed by atoms with Gasteiger partial charge in [-0.3, -0.25) is 9.48 Å². The summed E-state index contributed by atoms with van der Waals surface area (Å²) in [4.78, 5) is 16.7. The Kier molecular flexibility index (Phi) is 3.23. The van der Waals surface area contributed by atoms with Crippen molar-refractivity contribution < 1.29 is 4.79 Å². The monoisotopic (exact) mass is 321 g/mol. The average molecular weight is 321 g/mol. The van der Waals surface area contributed by atoms with Gasteiger partial charge in [0.2, 0.25) is 5.91 Å². The summed E-state index contributed by atoms with van der Waals surface area (Å²) in [5.41, 5.74) is 3.88. The van der Waals surface area contributed by atoms with Gasteiger partial charge >= 0.3 is 0 Å². The van der Waals surface area contributed by atoms with Crippen LogP contribution in [0.3, 0.4) is 0 Å². The Morgan fingerprint density at radius 3 is 3.00 bits per heavy atom. The van der Waals surface area contributed by atoms with E-state index in [-0.39, 0.29) is 12.5 Å². The van der Waals surface area contributed by atoms with Crippen molar-refractivity contribution in [3.05, 3.63) is 42.2 Å². The Balaban J connectivity index is 1.57. The first kappa shape index (κ1) is 14.3. The van der Waals surface area contributed by atoms with Crippen molar-refractivity contribution in [3.63, 3.8) is 0 Å². The largest absolute Gasteiger partial charge is 0.323 e. The van der Waals surface area contributed by atoms with E-state index in [0.717, 1.165) is 27.8 Å². The van der Waals surface area contributed by atoms with Gasteiger partial charge in [-0.25, -0.2) is 9.67 Å². The highest BCUT2D eigenvalue weighted by Gasteiger charge is 2.11. The fourth-order valence-electron chi connectivity index (χ4n) is 2.75. The van der Waals surface area contributed by atoms with E-state index in [2.05, 4.69) is 25.7 Å². The average Bonchev–Trinajstić information content (AvgIpc) is 3.09. The summed E-state index contributed by atoms with van der Waals surface area (Å²) >= 11 is 0. The number of benzene rings is 1. The number of hydrogen-bond donors (Lipinski definition) is 1. The van der Waals surface area contributed by atoms with Gasteiger partial charge in [0, 0.05) is 12.4 Å². The van der Waals surface area contributed by atoms with Crippen molar-refractivity contribution in [1.82, 2.24) is 29.8 Å². The van der Waals surface area contributed by atoms with E-state index in [1.165, 1.54) is 0 Å². The van der Waals surface area contributed by atoms with Gasteiger partial charge in [-0.1, -0.05) is 17.3 Å². The van der Waals surface area contributed by atoms with Crippen molar-refractivity contribution in [2.45, 2.75) is 13.5 Å². The van der Waals surface area contributed by atoms with E-state index in [1.807, 2.05) is 44.3 Å². The molecule has 0 atom stereocenters. The van der Waals surface area contributed by atoms with Crippen LogP contribution in [0.4, 0.5) is 5.69 Å². The maximum atomic E-state index is 12.3. The molecule has 4 rings (SSSR count). The van der Waals surface area contributed by atoms with Crippen LogP contribution >= 0.6 is 0 Å². The van der Waals surface area contributed by atoms with Gasteiger partial charge < -0.3 is 5.32 Å². The quantitative estimate of drug-likeness (QED) is 0.620. The number of carbonyl (C=O) groups excluding carboxylic acids is 1. The Morgan fingerprint density at radius 2 is 2.12 bits per heavy atom. The number of nitrogens with zero attached hydrogens (tertiary/aromatic N) is 6. The molecule has 0 aliphatic heterocycles. The second-order valence-electron chi connectivity index (χ2n) is 5.59. The van der Waals surface area contributed by atoms with Gasteiger partial charge in [-0.15, -0.1) is 5.10 Å². The van der Waals surface area contributed by atoms with Gasteiger partial charge in [0.1, 0.15) is 12.1 Å². The predicted molar refractivity (Wildman–Crippen MR) is 89.4 cm³/mol. The summed E-state index contributed by atoms with van der Waals surface area (Å²) < 4.78 is 3.30. The second kappa shape index (κ2) is 5.41. The molecule has 0 saturated heterocycles. The molecule has 120 valence electrons. The Hall–Kier alpha value is -3.29. The van der Waals surface area contributed by atoms with E-state index in [1.54, 1.807) is 15.6 Å². The third-order valence-electron chi connectivity index (χ3n) is 3.86. The normalized spacial score (nSPS) is 11.2. The number of carbonyl (C=O) groups is 1. The number of amides is 1. The molecule has 0 aliphatic carbocycles. The highest BCUT2D eigenvalue weighted by molar-refractivity contribution is 5.93. The number of nitrogens with one attached hydrogen (secondary N) is 1. The minimum absolute atomic E-state index is 0.0879. The predicted octanol–water partition coefficient (Wildman–Crippen LogP) is 1.66. The first-order chi connectivity index (χ1) is 11.6. The highest BCUT2D eigenvalue weighted by atomic mass is 16.2. The van der Waals surface area contributed by atoms with Crippen LogP contribution in [0.5, 0.6) is 0 Å². The van der Waals surface area contributed by atoms with Gasteiger partial charge in [0.05, 0.1) is 23.1 Å². The summed E-state index contributed by atoms with van der Waals surface area (Å²) in [6, 6.07) is 9.40. The van der Waals surface area contributed by atoms with Crippen LogP contribution in [0, 0.1) is 6.92 Å². The lowest BCUT2D eigenvalue weighted by Crippen LogP contribution is -2.19. The molecule has 8 nitrogen and oxygen atoms in total. The Morgan fingerprint density at radius 1 is 1.29 bits per heavy atom. The molecule has 0 bridgehead atoms. The van der Waals surface area contributed by atoms with Crippen LogP contribution in [0.1, 0.15) is 5.69 Å². The van der Waals surface area contributed by atoms with Crippen LogP contribution in [0.15, 0.2) is 36.5 Å². The molecule has 3 aromatic heterocycles. The smallest absolute Gasteiger partial charge is 0.246 e. The first-order valence-electron chi connectivity index (χ1n) is 7.49. The van der Waals surface area contributed by atoms with Crippen molar-refractivity contribution >= 4 is 33.7 Å². The van der Waals surface area contributed by atoms with Gasteiger partial charge in [-0.2, -0.15) is 5.10 Å². The molecule has 0 saturated carbocycles. The third-order valence-corrected chi connectivity index (χ3v) is 3.86. The van der Waals surface area contributed by atoms with Crippen LogP contribution in [-0.4, -0.2) is 35.7 Å². The van der Waals surface area contributed by atoms with Crippen molar-refractivity contribution in [3.8, 4) is 0 Å². The molecule has 0 radical (unpaired) electrons. The molecule has 3 heterocycles. The molecule has 0 unspecified atom stereocenters. The van der Waals surface area contributed by atoms with Gasteiger partial charge in [0.25, 0.3) is 0 Å². The standard InChI is InChI=1S/C16H15N7O/c1-10-12-7-11(8-17-16(12)22(2)20-10)18-15(24)9-23-14-6-4-3-5-13(14)19-21-23/h3-8H,9H2,1-2H3,(H,18,24). The molecule has 4 aromatic rings. The first-order valence-corrected chi connectivity index (χ1v) is 7.49. The topological polar surface area (TPSA) is 90.5 Å². The lowest BCUT2D eigenvalue weighted by atomic mass is 10.2. The number of hydrogen-bond acceptors (Lipinski definition) is 5. The fourth-order valence-corrected chi connectivity index (χ4v) is 2.75. The van der Waals surface area contributed by atoms with Crippen LogP contribution in [0.2, 0.25) is 0 Å². The summed E-state index contributed by atoms with van der Waals surface area (Å²) in [7, 11) is 1.84. The zero-order valence-corrected chi connectivity index (χ0v) is 13.3. The zero-order valence-electron chi connectivity index (χ0n) is 13.3. The number of para-hydroxylation sites is 1. The highest BCUT2D eigenvalue weighted by Crippen LogP contribution is 2.19. The molecular weight excluding hydrogens is 306 g/mol. The molecule has 1 amide bonds. The van der Waals surface area contributed by atoms with Gasteiger partial charge in [0.15, 0.2) is 5.65 Å². The lowest BCUT2D eigenvalue weighted by molar-refractivity contribution is -0.116. The van der Waals surface area contributed by atoms with Crippen molar-refractivity contribution in [2.75, 3.05) is 5.32 Å². The maximum Gasteiger partial charge on any atom is 0.246 e. The lowest BCUT2D eigenvalue weighted by Gasteiger charge is -2.06. The van der Waals surface area contributed by atoms with E-state index in [0.29, 0.717) is 5.69 Å². The van der Waals surface area contributed by atoms with Crippen LogP contribution < -0.4 is 5.32 Å². The minimum Gasteiger partial charge on any atom is -0.323 e. The number of pyridine rings is 1. The number of aryl methyl sites for hydroxylation is 2. The molecule has 8 heteroatoms. The van der Waals surface area contributed by atoms with Crippen LogP contribution in [-0.2, 0) is 18.4 Å². The Labute approximate surface area is 137 Å². The second-order valence-corrected chi connectivity index (χ2v) is 5.59. The minimum atomic E-state index is -0.187. The summed E-state index contributed by atoms with van der Waals surface area (Å²) in [6.45, 7) is 2.00.